The smallest absolute Gasteiger partial charge is 0.321 e. The molecule has 17 heavy (non-hydrogen) atoms. The van der Waals surface area contributed by atoms with Crippen LogP contribution in [0.2, 0.25) is 0 Å². The molecule has 0 aliphatic carbocycles. The molecule has 0 aliphatic heterocycles. The van der Waals surface area contributed by atoms with Gasteiger partial charge in [0.2, 0.25) is 0 Å². The van der Waals surface area contributed by atoms with Crippen LogP contribution in [-0.2, 0) is 19.1 Å². The average molecular weight is 237 g/mol. The Morgan fingerprint density at radius 2 is 1.94 bits per heavy atom. The van der Waals surface area contributed by atoms with Crippen LogP contribution in [0.5, 0.6) is 0 Å². The maximum atomic E-state index is 11.5. The lowest BCUT2D eigenvalue weighted by atomic mass is 9.91. The number of nitriles is 1. The first-order valence-corrected chi connectivity index (χ1v) is 4.74. The molecule has 1 unspecified atom stereocenters. The third-order valence-corrected chi connectivity index (χ3v) is 2.23. The van der Waals surface area contributed by atoms with Gasteiger partial charge in [0.05, 0.1) is 26.6 Å². The van der Waals surface area contributed by atoms with Crippen LogP contribution < -0.4 is 0 Å². The minimum atomic E-state index is -1.35. The summed E-state index contributed by atoms with van der Waals surface area (Å²) in [5.74, 6) is -3.86. The van der Waals surface area contributed by atoms with Gasteiger partial charge in [0.1, 0.15) is 11.7 Å². The molecule has 0 aromatic carbocycles. The molecule has 1 aromatic heterocycles. The van der Waals surface area contributed by atoms with E-state index in [-0.39, 0.29) is 5.76 Å². The second-order valence-electron chi connectivity index (χ2n) is 3.15. The van der Waals surface area contributed by atoms with E-state index in [0.29, 0.717) is 0 Å². The summed E-state index contributed by atoms with van der Waals surface area (Å²) in [6.45, 7) is 0. The summed E-state index contributed by atoms with van der Waals surface area (Å²) in [6.07, 6.45) is 1.35. The molecule has 1 aromatic rings. The predicted octanol–water partition coefficient (Wildman–Crippen LogP) is 0.849. The molecule has 6 heteroatoms. The molecule has 1 atom stereocenters. The zero-order valence-corrected chi connectivity index (χ0v) is 9.38. The van der Waals surface area contributed by atoms with Crippen molar-refractivity contribution in [3.63, 3.8) is 0 Å². The molecule has 0 saturated carbocycles. The first-order valence-electron chi connectivity index (χ1n) is 4.74. The van der Waals surface area contributed by atoms with E-state index >= 15 is 0 Å². The molecule has 0 bridgehead atoms. The number of nitrogens with zero attached hydrogens (tertiary/aromatic N) is 1. The molecule has 0 fully saturated rings. The van der Waals surface area contributed by atoms with E-state index in [1.165, 1.54) is 12.3 Å². The number of furan rings is 1. The summed E-state index contributed by atoms with van der Waals surface area (Å²) in [5, 5.41) is 9.03. The minimum absolute atomic E-state index is 0.216. The molecule has 0 radical (unpaired) electrons. The summed E-state index contributed by atoms with van der Waals surface area (Å²) in [5.41, 5.74) is 0. The molecule has 0 spiro atoms. The SMILES string of the molecule is COC(=O)C(C(=O)OC)C(C#N)c1ccco1. The number of esters is 2. The van der Waals surface area contributed by atoms with Crippen LogP contribution in [0.15, 0.2) is 22.8 Å². The van der Waals surface area contributed by atoms with Crippen molar-refractivity contribution in [2.24, 2.45) is 5.92 Å². The van der Waals surface area contributed by atoms with Crippen LogP contribution in [-0.4, -0.2) is 26.2 Å². The van der Waals surface area contributed by atoms with E-state index in [1.54, 1.807) is 6.07 Å². The van der Waals surface area contributed by atoms with E-state index < -0.39 is 23.8 Å². The highest BCUT2D eigenvalue weighted by Gasteiger charge is 2.39. The fraction of sp³-hybridized carbons (Fsp3) is 0.364. The molecule has 6 nitrogen and oxygen atoms in total. The van der Waals surface area contributed by atoms with Gasteiger partial charge < -0.3 is 13.9 Å². The largest absolute Gasteiger partial charge is 0.468 e. The van der Waals surface area contributed by atoms with E-state index in [4.69, 9.17) is 9.68 Å². The fourth-order valence-corrected chi connectivity index (χ4v) is 1.39. The molecule has 1 heterocycles. The standard InChI is InChI=1S/C11H11NO5/c1-15-10(13)9(11(14)16-2)7(6-12)8-4-3-5-17-8/h3-5,7,9H,1-2H3. The summed E-state index contributed by atoms with van der Waals surface area (Å²) >= 11 is 0. The van der Waals surface area contributed by atoms with Crippen molar-refractivity contribution in [2.75, 3.05) is 14.2 Å². The molecule has 0 amide bonds. The zero-order valence-electron chi connectivity index (χ0n) is 9.38. The number of carbonyl (C=O) groups is 2. The normalized spacial score (nSPS) is 11.6. The molecule has 0 aliphatic rings. The highest BCUT2D eigenvalue weighted by atomic mass is 16.5. The van der Waals surface area contributed by atoms with Crippen molar-refractivity contribution in [1.82, 2.24) is 0 Å². The molecular formula is C11H11NO5. The van der Waals surface area contributed by atoms with Gasteiger partial charge in [-0.3, -0.25) is 9.59 Å². The maximum absolute atomic E-state index is 11.5. The quantitative estimate of drug-likeness (QED) is 0.569. The highest BCUT2D eigenvalue weighted by Crippen LogP contribution is 2.26. The molecule has 0 N–H and O–H groups in total. The topological polar surface area (TPSA) is 89.5 Å². The Labute approximate surface area is 97.7 Å². The first-order chi connectivity index (χ1) is 8.15. The van der Waals surface area contributed by atoms with Gasteiger partial charge in [0, 0.05) is 0 Å². The minimum Gasteiger partial charge on any atom is -0.468 e. The van der Waals surface area contributed by atoms with E-state index in [9.17, 15) is 9.59 Å². The Kier molecular flexibility index (Phi) is 4.29. The summed E-state index contributed by atoms with van der Waals surface area (Å²) in [4.78, 5) is 23.0. The number of ether oxygens (including phenoxy) is 2. The van der Waals surface area contributed by atoms with Crippen molar-refractivity contribution in [1.29, 1.82) is 5.26 Å². The number of methoxy groups -OCH3 is 2. The molecule has 90 valence electrons. The second kappa shape index (κ2) is 5.70. The Balaban J connectivity index is 3.08. The second-order valence-corrected chi connectivity index (χ2v) is 3.15. The lowest BCUT2D eigenvalue weighted by Gasteiger charge is -2.15. The molecular weight excluding hydrogens is 226 g/mol. The average Bonchev–Trinajstić information content (AvgIpc) is 2.87. The van der Waals surface area contributed by atoms with Gasteiger partial charge in [0.25, 0.3) is 0 Å². The van der Waals surface area contributed by atoms with Crippen molar-refractivity contribution in [3.05, 3.63) is 24.2 Å². The number of rotatable bonds is 4. The maximum Gasteiger partial charge on any atom is 0.321 e. The van der Waals surface area contributed by atoms with Crippen LogP contribution in [0, 0.1) is 17.2 Å². The Morgan fingerprint density at radius 3 is 2.29 bits per heavy atom. The van der Waals surface area contributed by atoms with Gasteiger partial charge in [0.15, 0.2) is 5.92 Å². The van der Waals surface area contributed by atoms with Gasteiger partial charge in [-0.1, -0.05) is 0 Å². The van der Waals surface area contributed by atoms with Gasteiger partial charge in [-0.05, 0) is 12.1 Å². The Hall–Kier alpha value is -2.29. The summed E-state index contributed by atoms with van der Waals surface area (Å²) < 4.78 is 14.0. The highest BCUT2D eigenvalue weighted by molar-refractivity contribution is 5.96. The number of carbonyl (C=O) groups excluding carboxylic acids is 2. The van der Waals surface area contributed by atoms with Crippen LogP contribution >= 0.6 is 0 Å². The van der Waals surface area contributed by atoms with Crippen LogP contribution in [0.25, 0.3) is 0 Å². The van der Waals surface area contributed by atoms with E-state index in [1.807, 2.05) is 6.07 Å². The van der Waals surface area contributed by atoms with E-state index in [0.717, 1.165) is 14.2 Å². The van der Waals surface area contributed by atoms with Crippen LogP contribution in [0.3, 0.4) is 0 Å². The Morgan fingerprint density at radius 1 is 1.35 bits per heavy atom. The van der Waals surface area contributed by atoms with Crippen molar-refractivity contribution < 1.29 is 23.5 Å². The first kappa shape index (κ1) is 12.8. The van der Waals surface area contributed by atoms with Gasteiger partial charge in [-0.25, -0.2) is 0 Å². The summed E-state index contributed by atoms with van der Waals surface area (Å²) in [6, 6.07) is 4.91. The lowest BCUT2D eigenvalue weighted by molar-refractivity contribution is -0.159. The summed E-state index contributed by atoms with van der Waals surface area (Å²) in [7, 11) is 2.27. The molecule has 1 rings (SSSR count). The Bertz CT molecular complexity index is 415. The lowest BCUT2D eigenvalue weighted by Crippen LogP contribution is -2.31. The van der Waals surface area contributed by atoms with Gasteiger partial charge >= 0.3 is 11.9 Å². The van der Waals surface area contributed by atoms with Crippen molar-refractivity contribution in [2.45, 2.75) is 5.92 Å². The third-order valence-electron chi connectivity index (χ3n) is 2.23. The van der Waals surface area contributed by atoms with Crippen molar-refractivity contribution in [3.8, 4) is 6.07 Å². The van der Waals surface area contributed by atoms with E-state index in [2.05, 4.69) is 9.47 Å². The molecule has 0 saturated heterocycles. The fourth-order valence-electron chi connectivity index (χ4n) is 1.39. The van der Waals surface area contributed by atoms with Gasteiger partial charge in [-0.15, -0.1) is 0 Å². The number of hydrogen-bond donors (Lipinski definition) is 0. The number of hydrogen-bond acceptors (Lipinski definition) is 6. The van der Waals surface area contributed by atoms with Crippen LogP contribution in [0.1, 0.15) is 11.7 Å². The van der Waals surface area contributed by atoms with Crippen molar-refractivity contribution >= 4 is 11.9 Å². The van der Waals surface area contributed by atoms with Crippen LogP contribution in [0.4, 0.5) is 0 Å². The predicted molar refractivity (Wildman–Crippen MR) is 54.6 cm³/mol. The van der Waals surface area contributed by atoms with Gasteiger partial charge in [-0.2, -0.15) is 5.26 Å². The monoisotopic (exact) mass is 237 g/mol. The zero-order chi connectivity index (χ0) is 12.8. The third kappa shape index (κ3) is 2.64.